The van der Waals surface area contributed by atoms with E-state index >= 15 is 0 Å². The fraction of sp³-hybridized carbons (Fsp3) is 0.0526. The van der Waals surface area contributed by atoms with E-state index in [0.29, 0.717) is 11.1 Å². The first kappa shape index (κ1) is 15.6. The van der Waals surface area contributed by atoms with Gasteiger partial charge in [0.2, 0.25) is 0 Å². The van der Waals surface area contributed by atoms with Crippen LogP contribution < -0.4 is 10.2 Å². The van der Waals surface area contributed by atoms with Crippen LogP contribution in [-0.2, 0) is 0 Å². The van der Waals surface area contributed by atoms with Crippen LogP contribution in [0.5, 0.6) is 11.5 Å². The van der Waals surface area contributed by atoms with Crippen molar-refractivity contribution in [1.82, 2.24) is 5.43 Å². The summed E-state index contributed by atoms with van der Waals surface area (Å²) in [4.78, 5) is 12.4. The molecule has 0 bridgehead atoms. The molecule has 0 radical (unpaired) electrons. The summed E-state index contributed by atoms with van der Waals surface area (Å²) in [6.45, 7) is 0. The van der Waals surface area contributed by atoms with E-state index in [9.17, 15) is 9.90 Å². The highest BCUT2D eigenvalue weighted by Crippen LogP contribution is 2.26. The first-order valence-electron chi connectivity index (χ1n) is 7.37. The molecule has 0 aliphatic heterocycles. The molecular formula is C19H16N2O3. The molecule has 5 nitrogen and oxygen atoms in total. The number of rotatable bonds is 4. The third-order valence-corrected chi connectivity index (χ3v) is 3.61. The summed E-state index contributed by atoms with van der Waals surface area (Å²) in [5, 5.41) is 15.5. The van der Waals surface area contributed by atoms with Gasteiger partial charge < -0.3 is 9.84 Å². The standard InChI is InChI=1S/C19H16N2O3/c1-24-15-7-4-5-13(11-15)12-20-21-19(23)18-16-8-3-2-6-14(16)9-10-17(18)22/h2-12,22H,1H3,(H,21,23). The minimum Gasteiger partial charge on any atom is -0.507 e. The molecule has 0 heterocycles. The van der Waals surface area contributed by atoms with E-state index in [4.69, 9.17) is 4.74 Å². The van der Waals surface area contributed by atoms with Crippen molar-refractivity contribution in [3.05, 3.63) is 71.8 Å². The van der Waals surface area contributed by atoms with E-state index in [1.165, 1.54) is 12.3 Å². The lowest BCUT2D eigenvalue weighted by atomic mass is 10.0. The topological polar surface area (TPSA) is 70.9 Å². The Morgan fingerprint density at radius 1 is 1.12 bits per heavy atom. The molecule has 1 amide bonds. The molecule has 3 aromatic carbocycles. The molecule has 0 aliphatic rings. The number of hydrazone groups is 1. The van der Waals surface area contributed by atoms with Gasteiger partial charge in [-0.1, -0.05) is 42.5 Å². The molecule has 120 valence electrons. The van der Waals surface area contributed by atoms with E-state index < -0.39 is 5.91 Å². The number of fused-ring (bicyclic) bond motifs is 1. The maximum absolute atomic E-state index is 12.4. The van der Waals surface area contributed by atoms with E-state index in [2.05, 4.69) is 10.5 Å². The molecule has 0 aromatic heterocycles. The van der Waals surface area contributed by atoms with Gasteiger partial charge in [0, 0.05) is 0 Å². The molecule has 0 unspecified atom stereocenters. The zero-order valence-corrected chi connectivity index (χ0v) is 13.1. The Morgan fingerprint density at radius 2 is 1.96 bits per heavy atom. The van der Waals surface area contributed by atoms with Crippen molar-refractivity contribution >= 4 is 22.9 Å². The zero-order chi connectivity index (χ0) is 16.9. The van der Waals surface area contributed by atoms with Crippen LogP contribution in [0, 0.1) is 0 Å². The van der Waals surface area contributed by atoms with Crippen molar-refractivity contribution in [1.29, 1.82) is 0 Å². The number of benzene rings is 3. The SMILES string of the molecule is COc1cccc(C=NNC(=O)c2c(O)ccc3ccccc23)c1. The van der Waals surface area contributed by atoms with Gasteiger partial charge in [0.1, 0.15) is 11.5 Å². The van der Waals surface area contributed by atoms with Crippen molar-refractivity contribution < 1.29 is 14.6 Å². The molecule has 0 fully saturated rings. The number of nitrogens with one attached hydrogen (secondary N) is 1. The smallest absolute Gasteiger partial charge is 0.275 e. The van der Waals surface area contributed by atoms with E-state index in [1.807, 2.05) is 36.4 Å². The highest BCUT2D eigenvalue weighted by atomic mass is 16.5. The van der Waals surface area contributed by atoms with Gasteiger partial charge in [0.25, 0.3) is 5.91 Å². The summed E-state index contributed by atoms with van der Waals surface area (Å²) in [6, 6.07) is 17.9. The van der Waals surface area contributed by atoms with Crippen LogP contribution in [0.2, 0.25) is 0 Å². The van der Waals surface area contributed by atoms with Crippen molar-refractivity contribution in [3.63, 3.8) is 0 Å². The summed E-state index contributed by atoms with van der Waals surface area (Å²) in [5.41, 5.74) is 3.44. The minimum atomic E-state index is -0.469. The minimum absolute atomic E-state index is 0.0808. The first-order chi connectivity index (χ1) is 11.7. The predicted molar refractivity (Wildman–Crippen MR) is 93.7 cm³/mol. The second kappa shape index (κ2) is 6.83. The molecule has 0 spiro atoms. The number of ether oxygens (including phenoxy) is 1. The Kier molecular flexibility index (Phi) is 4.43. The molecular weight excluding hydrogens is 304 g/mol. The third kappa shape index (κ3) is 3.20. The monoisotopic (exact) mass is 320 g/mol. The van der Waals surface area contributed by atoms with Gasteiger partial charge in [-0.25, -0.2) is 5.43 Å². The number of hydrogen-bond donors (Lipinski definition) is 2. The van der Waals surface area contributed by atoms with E-state index in [-0.39, 0.29) is 11.3 Å². The Labute approximate surface area is 139 Å². The number of aromatic hydroxyl groups is 1. The lowest BCUT2D eigenvalue weighted by molar-refractivity contribution is 0.0954. The molecule has 3 aromatic rings. The number of amides is 1. The Bertz CT molecular complexity index is 919. The van der Waals surface area contributed by atoms with Crippen molar-refractivity contribution in [2.24, 2.45) is 5.10 Å². The maximum atomic E-state index is 12.4. The zero-order valence-electron chi connectivity index (χ0n) is 13.1. The largest absolute Gasteiger partial charge is 0.507 e. The maximum Gasteiger partial charge on any atom is 0.275 e. The van der Waals surface area contributed by atoms with Crippen molar-refractivity contribution in [2.45, 2.75) is 0 Å². The Hall–Kier alpha value is -3.34. The molecule has 0 saturated carbocycles. The Morgan fingerprint density at radius 3 is 2.79 bits per heavy atom. The number of nitrogens with zero attached hydrogens (tertiary/aromatic N) is 1. The molecule has 5 heteroatoms. The normalized spacial score (nSPS) is 10.9. The number of hydrogen-bond acceptors (Lipinski definition) is 4. The van der Waals surface area contributed by atoms with Crippen LogP contribution >= 0.6 is 0 Å². The van der Waals surface area contributed by atoms with Gasteiger partial charge in [-0.3, -0.25) is 4.79 Å². The summed E-state index contributed by atoms with van der Waals surface area (Å²) in [5.74, 6) is 0.156. The van der Waals surface area contributed by atoms with Crippen LogP contribution in [-0.4, -0.2) is 24.3 Å². The summed E-state index contributed by atoms with van der Waals surface area (Å²) >= 11 is 0. The number of carbonyl (C=O) groups excluding carboxylic acids is 1. The summed E-state index contributed by atoms with van der Waals surface area (Å²) < 4.78 is 5.13. The van der Waals surface area contributed by atoms with Gasteiger partial charge in [-0.15, -0.1) is 0 Å². The van der Waals surface area contributed by atoms with Crippen molar-refractivity contribution in [3.8, 4) is 11.5 Å². The number of carbonyl (C=O) groups is 1. The van der Waals surface area contributed by atoms with Crippen molar-refractivity contribution in [2.75, 3.05) is 7.11 Å². The van der Waals surface area contributed by atoms with Crippen LogP contribution in [0.3, 0.4) is 0 Å². The fourth-order valence-corrected chi connectivity index (χ4v) is 2.44. The molecule has 0 saturated heterocycles. The quantitative estimate of drug-likeness (QED) is 0.572. The van der Waals surface area contributed by atoms with Gasteiger partial charge >= 0.3 is 0 Å². The van der Waals surface area contributed by atoms with Crippen LogP contribution in [0.15, 0.2) is 65.8 Å². The van der Waals surface area contributed by atoms with E-state index in [0.717, 1.165) is 10.9 Å². The van der Waals surface area contributed by atoms with Gasteiger partial charge in [0.05, 0.1) is 18.9 Å². The average Bonchev–Trinajstić information content (AvgIpc) is 2.61. The fourth-order valence-electron chi connectivity index (χ4n) is 2.44. The van der Waals surface area contributed by atoms with Crippen LogP contribution in [0.1, 0.15) is 15.9 Å². The predicted octanol–water partition coefficient (Wildman–Crippen LogP) is 3.32. The third-order valence-electron chi connectivity index (χ3n) is 3.61. The van der Waals surface area contributed by atoms with Crippen LogP contribution in [0.4, 0.5) is 0 Å². The molecule has 0 atom stereocenters. The molecule has 0 aliphatic carbocycles. The van der Waals surface area contributed by atoms with E-state index in [1.54, 1.807) is 25.3 Å². The number of phenolic OH excluding ortho intramolecular Hbond substituents is 1. The first-order valence-corrected chi connectivity index (χ1v) is 7.37. The molecule has 2 N–H and O–H groups in total. The lowest BCUT2D eigenvalue weighted by Gasteiger charge is -2.07. The van der Waals surface area contributed by atoms with Gasteiger partial charge in [0.15, 0.2) is 0 Å². The van der Waals surface area contributed by atoms with Crippen LogP contribution in [0.25, 0.3) is 10.8 Å². The lowest BCUT2D eigenvalue weighted by Crippen LogP contribution is -2.18. The highest BCUT2D eigenvalue weighted by Gasteiger charge is 2.14. The molecule has 3 rings (SSSR count). The highest BCUT2D eigenvalue weighted by molar-refractivity contribution is 6.09. The van der Waals surface area contributed by atoms with Gasteiger partial charge in [-0.2, -0.15) is 5.10 Å². The number of phenols is 1. The summed E-state index contributed by atoms with van der Waals surface area (Å²) in [6.07, 6.45) is 1.52. The second-order valence-corrected chi connectivity index (χ2v) is 5.16. The molecule has 24 heavy (non-hydrogen) atoms. The Balaban J connectivity index is 1.83. The average molecular weight is 320 g/mol. The van der Waals surface area contributed by atoms with Gasteiger partial charge in [-0.05, 0) is 34.5 Å². The summed E-state index contributed by atoms with van der Waals surface area (Å²) in [7, 11) is 1.58. The second-order valence-electron chi connectivity index (χ2n) is 5.16. The number of methoxy groups -OCH3 is 1.